The van der Waals surface area contributed by atoms with E-state index >= 15 is 0 Å². The second kappa shape index (κ2) is 8.10. The monoisotopic (exact) mass is 350 g/mol. The molecule has 1 rings (SSSR count). The fraction of sp³-hybridized carbons (Fsp3) is 0.455. The summed E-state index contributed by atoms with van der Waals surface area (Å²) in [6.45, 7) is 8.78. The van der Waals surface area contributed by atoms with E-state index in [1.807, 2.05) is 19.9 Å². The van der Waals surface area contributed by atoms with Crippen molar-refractivity contribution in [3.05, 3.63) is 29.7 Å². The number of nitrogens with zero attached hydrogens (tertiary/aromatic N) is 2. The SMILES string of the molecule is C=C(C)CN=C(N)NCCc1cc(C)no1.I. The third kappa shape index (κ3) is 6.98. The highest BCUT2D eigenvalue weighted by atomic mass is 127. The second-order valence-electron chi connectivity index (χ2n) is 3.77. The van der Waals surface area contributed by atoms with Gasteiger partial charge >= 0.3 is 0 Å². The number of nitrogens with two attached hydrogens (primary N) is 1. The molecular formula is C11H19IN4O. The van der Waals surface area contributed by atoms with E-state index in [9.17, 15) is 0 Å². The van der Waals surface area contributed by atoms with E-state index in [4.69, 9.17) is 10.3 Å². The molecule has 0 saturated carbocycles. The highest BCUT2D eigenvalue weighted by Gasteiger charge is 2.00. The van der Waals surface area contributed by atoms with Gasteiger partial charge in [-0.2, -0.15) is 0 Å². The maximum Gasteiger partial charge on any atom is 0.188 e. The summed E-state index contributed by atoms with van der Waals surface area (Å²) in [6.07, 6.45) is 0.740. The van der Waals surface area contributed by atoms with Crippen molar-refractivity contribution in [3.63, 3.8) is 0 Å². The van der Waals surface area contributed by atoms with Gasteiger partial charge in [0.2, 0.25) is 0 Å². The average Bonchev–Trinajstić information content (AvgIpc) is 2.61. The van der Waals surface area contributed by atoms with Crippen LogP contribution in [-0.4, -0.2) is 24.2 Å². The van der Waals surface area contributed by atoms with Gasteiger partial charge in [-0.05, 0) is 13.8 Å². The smallest absolute Gasteiger partial charge is 0.188 e. The highest BCUT2D eigenvalue weighted by Crippen LogP contribution is 2.01. The fourth-order valence-electron chi connectivity index (χ4n) is 1.12. The molecule has 0 aliphatic carbocycles. The Hall–Kier alpha value is -1.05. The topological polar surface area (TPSA) is 76.4 Å². The molecular weight excluding hydrogens is 331 g/mol. The van der Waals surface area contributed by atoms with Crippen molar-refractivity contribution >= 4 is 29.9 Å². The van der Waals surface area contributed by atoms with Gasteiger partial charge in [0.15, 0.2) is 5.96 Å². The lowest BCUT2D eigenvalue weighted by Gasteiger charge is -2.03. The number of rotatable bonds is 5. The number of halogens is 1. The van der Waals surface area contributed by atoms with Crippen LogP contribution in [0.5, 0.6) is 0 Å². The lowest BCUT2D eigenvalue weighted by atomic mass is 10.3. The largest absolute Gasteiger partial charge is 0.370 e. The minimum Gasteiger partial charge on any atom is -0.370 e. The first-order valence-electron chi connectivity index (χ1n) is 5.18. The number of guanidine groups is 1. The van der Waals surface area contributed by atoms with Crippen molar-refractivity contribution in [2.75, 3.05) is 13.1 Å². The average molecular weight is 350 g/mol. The first-order valence-corrected chi connectivity index (χ1v) is 5.18. The van der Waals surface area contributed by atoms with Crippen LogP contribution in [0.4, 0.5) is 0 Å². The van der Waals surface area contributed by atoms with Crippen molar-refractivity contribution in [1.29, 1.82) is 0 Å². The Balaban J connectivity index is 0.00000256. The zero-order valence-electron chi connectivity index (χ0n) is 10.2. The Labute approximate surface area is 119 Å². The Morgan fingerprint density at radius 1 is 1.65 bits per heavy atom. The van der Waals surface area contributed by atoms with Crippen molar-refractivity contribution in [1.82, 2.24) is 10.5 Å². The van der Waals surface area contributed by atoms with Gasteiger partial charge in [-0.3, -0.25) is 0 Å². The molecule has 0 aliphatic heterocycles. The molecule has 3 N–H and O–H groups in total. The van der Waals surface area contributed by atoms with Crippen molar-refractivity contribution in [3.8, 4) is 0 Å². The van der Waals surface area contributed by atoms with Crippen LogP contribution in [0.15, 0.2) is 27.7 Å². The molecule has 1 aromatic rings. The van der Waals surface area contributed by atoms with Gasteiger partial charge in [0.1, 0.15) is 5.76 Å². The summed E-state index contributed by atoms with van der Waals surface area (Å²) in [4.78, 5) is 4.10. The Morgan fingerprint density at radius 3 is 2.88 bits per heavy atom. The number of aryl methyl sites for hydroxylation is 1. The zero-order valence-corrected chi connectivity index (χ0v) is 12.5. The molecule has 1 aromatic heterocycles. The summed E-state index contributed by atoms with van der Waals surface area (Å²) in [5, 5.41) is 6.79. The summed E-state index contributed by atoms with van der Waals surface area (Å²) in [5.74, 6) is 1.27. The molecule has 0 saturated heterocycles. The summed E-state index contributed by atoms with van der Waals surface area (Å²) in [6, 6.07) is 1.91. The lowest BCUT2D eigenvalue weighted by molar-refractivity contribution is 0.379. The first kappa shape index (κ1) is 16.0. The van der Waals surface area contributed by atoms with E-state index in [0.717, 1.165) is 23.4 Å². The molecule has 0 radical (unpaired) electrons. The molecule has 0 spiro atoms. The molecule has 0 unspecified atom stereocenters. The second-order valence-corrected chi connectivity index (χ2v) is 3.77. The van der Waals surface area contributed by atoms with Gasteiger partial charge in [0, 0.05) is 19.0 Å². The molecule has 0 fully saturated rings. The molecule has 5 nitrogen and oxygen atoms in total. The van der Waals surface area contributed by atoms with Gasteiger partial charge in [-0.25, -0.2) is 4.99 Å². The fourth-order valence-corrected chi connectivity index (χ4v) is 1.12. The molecule has 17 heavy (non-hydrogen) atoms. The van der Waals surface area contributed by atoms with Crippen molar-refractivity contribution in [2.45, 2.75) is 20.3 Å². The first-order chi connectivity index (χ1) is 7.58. The maximum absolute atomic E-state index is 5.64. The Kier molecular flexibility index (Phi) is 7.60. The summed E-state index contributed by atoms with van der Waals surface area (Å²) >= 11 is 0. The van der Waals surface area contributed by atoms with Crippen LogP contribution in [0.1, 0.15) is 18.4 Å². The standard InChI is InChI=1S/C11H18N4O.HI/c1-8(2)7-14-11(12)13-5-4-10-6-9(3)15-16-10;/h6H,1,4-5,7H2,2-3H3,(H3,12,13,14);1H. The van der Waals surface area contributed by atoms with Gasteiger partial charge in [-0.1, -0.05) is 17.3 Å². The van der Waals surface area contributed by atoms with E-state index in [-0.39, 0.29) is 24.0 Å². The molecule has 0 bridgehead atoms. The van der Waals surface area contributed by atoms with Crippen LogP contribution < -0.4 is 11.1 Å². The summed E-state index contributed by atoms with van der Waals surface area (Å²) in [7, 11) is 0. The van der Waals surface area contributed by atoms with Gasteiger partial charge in [0.25, 0.3) is 0 Å². The quantitative estimate of drug-likeness (QED) is 0.366. The van der Waals surface area contributed by atoms with E-state index in [1.165, 1.54) is 0 Å². The van der Waals surface area contributed by atoms with E-state index < -0.39 is 0 Å². The minimum atomic E-state index is 0. The van der Waals surface area contributed by atoms with Crippen LogP contribution in [0, 0.1) is 6.92 Å². The Morgan fingerprint density at radius 2 is 2.35 bits per heavy atom. The van der Waals surface area contributed by atoms with E-state index in [0.29, 0.717) is 19.0 Å². The number of aliphatic imine (C=N–C) groups is 1. The van der Waals surface area contributed by atoms with Gasteiger partial charge in [-0.15, -0.1) is 24.0 Å². The van der Waals surface area contributed by atoms with Gasteiger partial charge in [0.05, 0.1) is 12.2 Å². The predicted molar refractivity (Wildman–Crippen MR) is 79.7 cm³/mol. The molecule has 96 valence electrons. The molecule has 0 atom stereocenters. The predicted octanol–water partition coefficient (Wildman–Crippen LogP) is 1.62. The number of nitrogens with one attached hydrogen (secondary N) is 1. The normalized spacial score (nSPS) is 10.8. The van der Waals surface area contributed by atoms with Crippen LogP contribution in [0.3, 0.4) is 0 Å². The third-order valence-electron chi connectivity index (χ3n) is 1.87. The minimum absolute atomic E-state index is 0. The molecule has 1 heterocycles. The highest BCUT2D eigenvalue weighted by molar-refractivity contribution is 14.0. The maximum atomic E-state index is 5.64. The zero-order chi connectivity index (χ0) is 12.0. The van der Waals surface area contributed by atoms with Crippen LogP contribution in [0.25, 0.3) is 0 Å². The summed E-state index contributed by atoms with van der Waals surface area (Å²) in [5.41, 5.74) is 7.51. The van der Waals surface area contributed by atoms with E-state index in [1.54, 1.807) is 0 Å². The van der Waals surface area contributed by atoms with Crippen LogP contribution in [-0.2, 0) is 6.42 Å². The number of aromatic nitrogens is 1. The van der Waals surface area contributed by atoms with Crippen LogP contribution in [0.2, 0.25) is 0 Å². The Bertz CT molecular complexity index is 387. The third-order valence-corrected chi connectivity index (χ3v) is 1.87. The number of hydrogen-bond acceptors (Lipinski definition) is 3. The van der Waals surface area contributed by atoms with Crippen molar-refractivity contribution in [2.24, 2.45) is 10.7 Å². The molecule has 0 aromatic carbocycles. The molecule has 6 heteroatoms. The van der Waals surface area contributed by atoms with E-state index in [2.05, 4.69) is 22.0 Å². The van der Waals surface area contributed by atoms with Crippen LogP contribution >= 0.6 is 24.0 Å². The number of hydrogen-bond donors (Lipinski definition) is 2. The molecule has 0 aliphatic rings. The van der Waals surface area contributed by atoms with Crippen molar-refractivity contribution < 1.29 is 4.52 Å². The van der Waals surface area contributed by atoms with Gasteiger partial charge < -0.3 is 15.6 Å². The summed E-state index contributed by atoms with van der Waals surface area (Å²) < 4.78 is 5.06. The lowest BCUT2D eigenvalue weighted by Crippen LogP contribution is -2.33. The molecule has 0 amide bonds.